The molecule has 1 atom stereocenters. The van der Waals surface area contributed by atoms with Gasteiger partial charge in [0.05, 0.1) is 12.1 Å². The number of ether oxygens (including phenoxy) is 1. The van der Waals surface area contributed by atoms with Crippen LogP contribution >= 0.6 is 0 Å². The Kier molecular flexibility index (Phi) is 4.27. The zero-order valence-corrected chi connectivity index (χ0v) is 13.0. The van der Waals surface area contributed by atoms with Crippen LogP contribution in [0.15, 0.2) is 29.4 Å². The molecule has 0 spiro atoms. The van der Waals surface area contributed by atoms with Crippen LogP contribution in [0.3, 0.4) is 0 Å². The Hall–Kier alpha value is -1.71. The molecule has 0 amide bonds. The van der Waals surface area contributed by atoms with Crippen molar-refractivity contribution in [2.45, 2.75) is 50.7 Å². The lowest BCUT2D eigenvalue weighted by Crippen LogP contribution is -2.28. The quantitative estimate of drug-likeness (QED) is 0.444. The summed E-state index contributed by atoms with van der Waals surface area (Å²) in [5.41, 5.74) is 8.13. The lowest BCUT2D eigenvalue weighted by Gasteiger charge is -2.26. The molecule has 0 radical (unpaired) electrons. The Morgan fingerprint density at radius 2 is 2.05 bits per heavy atom. The summed E-state index contributed by atoms with van der Waals surface area (Å²) >= 11 is 0. The highest BCUT2D eigenvalue weighted by Gasteiger charge is 2.43. The lowest BCUT2D eigenvalue weighted by atomic mass is 9.91. The maximum atomic E-state index is 10.7. The maximum Gasteiger partial charge on any atom is 0.120 e. The molecule has 2 aliphatic rings. The molecular weight excluding hydrogens is 278 g/mol. The van der Waals surface area contributed by atoms with Crippen LogP contribution in [-0.4, -0.2) is 17.8 Å². The van der Waals surface area contributed by atoms with E-state index < -0.39 is 5.60 Å². The number of nitrogens with zero attached hydrogens (tertiary/aromatic N) is 3. The fourth-order valence-electron chi connectivity index (χ4n) is 3.00. The molecule has 0 unspecified atom stereocenters. The van der Waals surface area contributed by atoms with Crippen molar-refractivity contribution in [3.63, 3.8) is 0 Å². The van der Waals surface area contributed by atoms with E-state index in [9.17, 15) is 5.11 Å². The van der Waals surface area contributed by atoms with Gasteiger partial charge in [-0.05, 0) is 67.2 Å². The summed E-state index contributed by atoms with van der Waals surface area (Å²) in [5, 5.41) is 14.3. The van der Waals surface area contributed by atoms with E-state index in [2.05, 4.69) is 10.0 Å². The van der Waals surface area contributed by atoms with Gasteiger partial charge < -0.3 is 9.84 Å². The van der Waals surface area contributed by atoms with E-state index in [4.69, 9.17) is 10.3 Å². The first-order chi connectivity index (χ1) is 10.7. The Bertz CT molecular complexity index is 565. The third-order valence-corrected chi connectivity index (χ3v) is 4.80. The van der Waals surface area contributed by atoms with Crippen LogP contribution in [0.4, 0.5) is 0 Å². The van der Waals surface area contributed by atoms with Gasteiger partial charge in [-0.1, -0.05) is 24.2 Å². The minimum Gasteiger partial charge on any atom is -0.490 e. The normalized spacial score (nSPS) is 20.3. The number of aliphatic hydroxyl groups is 1. The molecule has 5 heteroatoms. The van der Waals surface area contributed by atoms with Crippen molar-refractivity contribution in [3.05, 3.63) is 40.3 Å². The molecule has 22 heavy (non-hydrogen) atoms. The summed E-state index contributed by atoms with van der Waals surface area (Å²) in [6, 6.07) is 7.61. The van der Waals surface area contributed by atoms with Crippen molar-refractivity contribution >= 4 is 0 Å². The fraction of sp³-hybridized carbons (Fsp3) is 0.647. The zero-order chi connectivity index (χ0) is 15.6. The van der Waals surface area contributed by atoms with E-state index in [0.29, 0.717) is 24.4 Å². The van der Waals surface area contributed by atoms with Crippen LogP contribution in [-0.2, 0) is 5.60 Å². The van der Waals surface area contributed by atoms with Crippen molar-refractivity contribution in [2.24, 2.45) is 17.0 Å². The Balaban J connectivity index is 1.77. The first-order valence-electron chi connectivity index (χ1n) is 8.16. The fourth-order valence-corrected chi connectivity index (χ4v) is 3.00. The van der Waals surface area contributed by atoms with Crippen LogP contribution in [0, 0.1) is 11.8 Å². The second-order valence-corrected chi connectivity index (χ2v) is 6.56. The predicted molar refractivity (Wildman–Crippen MR) is 84.5 cm³/mol. The average molecular weight is 301 g/mol. The van der Waals surface area contributed by atoms with Crippen molar-refractivity contribution in [1.82, 2.24) is 0 Å². The number of hydrogen-bond acceptors (Lipinski definition) is 3. The number of azide groups is 1. The molecule has 118 valence electrons. The van der Waals surface area contributed by atoms with Crippen molar-refractivity contribution in [3.8, 4) is 5.75 Å². The SMILES string of the molecule is CC[C@@](O)(CN=[N+]=[N-])c1cccc(OC(C2CC2)C2CC2)c1. The summed E-state index contributed by atoms with van der Waals surface area (Å²) < 4.78 is 6.23. The van der Waals surface area contributed by atoms with Crippen LogP contribution in [0.2, 0.25) is 0 Å². The second-order valence-electron chi connectivity index (χ2n) is 6.56. The highest BCUT2D eigenvalue weighted by atomic mass is 16.5. The molecule has 0 heterocycles. The third kappa shape index (κ3) is 3.37. The van der Waals surface area contributed by atoms with Crippen molar-refractivity contribution < 1.29 is 9.84 Å². The van der Waals surface area contributed by atoms with Gasteiger partial charge in [0.15, 0.2) is 0 Å². The molecule has 0 bridgehead atoms. The van der Waals surface area contributed by atoms with Gasteiger partial charge in [0, 0.05) is 4.91 Å². The molecule has 1 aromatic rings. The first-order valence-corrected chi connectivity index (χ1v) is 8.16. The smallest absolute Gasteiger partial charge is 0.120 e. The van der Waals surface area contributed by atoms with Crippen LogP contribution in [0.5, 0.6) is 5.75 Å². The number of rotatable bonds is 8. The molecule has 1 aromatic carbocycles. The average Bonchev–Trinajstić information content (AvgIpc) is 3.43. The van der Waals surface area contributed by atoms with E-state index in [-0.39, 0.29) is 6.54 Å². The van der Waals surface area contributed by atoms with Gasteiger partial charge in [-0.25, -0.2) is 0 Å². The molecule has 3 rings (SSSR count). The van der Waals surface area contributed by atoms with E-state index in [0.717, 1.165) is 11.3 Å². The Labute approximate surface area is 130 Å². The number of hydrogen-bond donors (Lipinski definition) is 1. The van der Waals surface area contributed by atoms with Crippen molar-refractivity contribution in [2.75, 3.05) is 6.54 Å². The second kappa shape index (κ2) is 6.19. The van der Waals surface area contributed by atoms with Crippen molar-refractivity contribution in [1.29, 1.82) is 0 Å². The summed E-state index contributed by atoms with van der Waals surface area (Å²) in [7, 11) is 0. The Morgan fingerprint density at radius 1 is 1.36 bits per heavy atom. The van der Waals surface area contributed by atoms with Gasteiger partial charge in [0.25, 0.3) is 0 Å². The summed E-state index contributed by atoms with van der Waals surface area (Å²) in [4.78, 5) is 2.76. The molecule has 2 saturated carbocycles. The van der Waals surface area contributed by atoms with E-state index in [1.807, 2.05) is 31.2 Å². The molecule has 0 aliphatic heterocycles. The van der Waals surface area contributed by atoms with Gasteiger partial charge in [0.2, 0.25) is 0 Å². The van der Waals surface area contributed by atoms with Crippen LogP contribution in [0.1, 0.15) is 44.6 Å². The summed E-state index contributed by atoms with van der Waals surface area (Å²) in [6.07, 6.45) is 5.92. The first kappa shape index (κ1) is 15.2. The van der Waals surface area contributed by atoms with E-state index in [1.54, 1.807) is 0 Å². The van der Waals surface area contributed by atoms with Gasteiger partial charge >= 0.3 is 0 Å². The van der Waals surface area contributed by atoms with Crippen LogP contribution < -0.4 is 4.74 Å². The van der Waals surface area contributed by atoms with Gasteiger partial charge in [-0.2, -0.15) is 0 Å². The molecule has 0 aromatic heterocycles. The zero-order valence-electron chi connectivity index (χ0n) is 13.0. The molecule has 1 N–H and O–H groups in total. The molecular formula is C17H23N3O2. The lowest BCUT2D eigenvalue weighted by molar-refractivity contribution is 0.0414. The molecule has 0 saturated heterocycles. The largest absolute Gasteiger partial charge is 0.490 e. The minimum absolute atomic E-state index is 0.0398. The van der Waals surface area contributed by atoms with Gasteiger partial charge in [0.1, 0.15) is 11.9 Å². The van der Waals surface area contributed by atoms with E-state index in [1.165, 1.54) is 25.7 Å². The molecule has 2 fully saturated rings. The molecule has 2 aliphatic carbocycles. The standard InChI is InChI=1S/C17H23N3O2/c1-2-17(21,11-19-20-18)14-4-3-5-15(10-14)22-16(12-6-7-12)13-8-9-13/h3-5,10,12-13,16,21H,2,6-9,11H2,1H3/t17-/m1/s1. The predicted octanol–water partition coefficient (Wildman–Crippen LogP) is 4.16. The van der Waals surface area contributed by atoms with Gasteiger partial charge in [-0.3, -0.25) is 0 Å². The van der Waals surface area contributed by atoms with Crippen LogP contribution in [0.25, 0.3) is 10.4 Å². The highest BCUT2D eigenvalue weighted by molar-refractivity contribution is 5.33. The Morgan fingerprint density at radius 3 is 2.59 bits per heavy atom. The van der Waals surface area contributed by atoms with Gasteiger partial charge in [-0.15, -0.1) is 0 Å². The summed E-state index contributed by atoms with van der Waals surface area (Å²) in [6.45, 7) is 1.93. The highest BCUT2D eigenvalue weighted by Crippen LogP contribution is 2.46. The minimum atomic E-state index is -1.12. The topological polar surface area (TPSA) is 78.2 Å². The van der Waals surface area contributed by atoms with E-state index >= 15 is 0 Å². The summed E-state index contributed by atoms with van der Waals surface area (Å²) in [5.74, 6) is 2.24. The maximum absolute atomic E-state index is 10.7. The third-order valence-electron chi connectivity index (χ3n) is 4.80. The number of benzene rings is 1. The monoisotopic (exact) mass is 301 g/mol. The molecule has 5 nitrogen and oxygen atoms in total.